The van der Waals surface area contributed by atoms with Gasteiger partial charge in [-0.15, -0.1) is 11.6 Å². The molecule has 5 heteroatoms. The number of alkyl halides is 1. The van der Waals surface area contributed by atoms with Crippen molar-refractivity contribution in [2.24, 2.45) is 0 Å². The lowest BCUT2D eigenvalue weighted by atomic mass is 10.7. The lowest BCUT2D eigenvalue weighted by molar-refractivity contribution is -0.140. The highest BCUT2D eigenvalue weighted by Gasteiger charge is 1.86. The molecule has 72 valence electrons. The SMILES string of the molecule is CCOC(C)=O.CNC(=O)CCl. The zero-order chi connectivity index (χ0) is 9.98. The normalized spacial score (nSPS) is 7.67. The van der Waals surface area contributed by atoms with E-state index >= 15 is 0 Å². The fourth-order valence-corrected chi connectivity index (χ4v) is 0.404. The van der Waals surface area contributed by atoms with Crippen LogP contribution < -0.4 is 5.32 Å². The van der Waals surface area contributed by atoms with Gasteiger partial charge in [0.15, 0.2) is 0 Å². The Morgan fingerprint density at radius 3 is 2.00 bits per heavy atom. The smallest absolute Gasteiger partial charge is 0.302 e. The fraction of sp³-hybridized carbons (Fsp3) is 0.714. The summed E-state index contributed by atoms with van der Waals surface area (Å²) in [4.78, 5) is 19.8. The van der Waals surface area contributed by atoms with Crippen molar-refractivity contribution >= 4 is 23.5 Å². The van der Waals surface area contributed by atoms with Crippen molar-refractivity contribution in [1.82, 2.24) is 5.32 Å². The Bertz CT molecular complexity index is 133. The zero-order valence-electron chi connectivity index (χ0n) is 7.52. The first-order chi connectivity index (χ1) is 5.58. The van der Waals surface area contributed by atoms with Gasteiger partial charge < -0.3 is 10.1 Å². The maximum absolute atomic E-state index is 9.94. The second kappa shape index (κ2) is 10.2. The third-order valence-electron chi connectivity index (χ3n) is 0.748. The molecule has 0 atom stereocenters. The number of hydrogen-bond donors (Lipinski definition) is 1. The molecule has 0 saturated heterocycles. The van der Waals surface area contributed by atoms with Crippen LogP contribution >= 0.6 is 11.6 Å². The minimum absolute atomic E-state index is 0.0521. The molecule has 0 bridgehead atoms. The van der Waals surface area contributed by atoms with Crippen molar-refractivity contribution in [3.05, 3.63) is 0 Å². The van der Waals surface area contributed by atoms with Crippen LogP contribution in [-0.4, -0.2) is 31.4 Å². The maximum Gasteiger partial charge on any atom is 0.302 e. The molecule has 0 aliphatic heterocycles. The summed E-state index contributed by atoms with van der Waals surface area (Å²) in [5, 5.41) is 2.34. The summed E-state index contributed by atoms with van der Waals surface area (Å²) in [5.74, 6) is -0.301. The number of carbonyl (C=O) groups excluding carboxylic acids is 2. The predicted octanol–water partition coefficient (Wildman–Crippen LogP) is 0.541. The fourth-order valence-electron chi connectivity index (χ4n) is 0.270. The molecular formula is C7H14ClNO3. The minimum atomic E-state index is -0.211. The Labute approximate surface area is 77.2 Å². The molecule has 12 heavy (non-hydrogen) atoms. The third-order valence-corrected chi connectivity index (χ3v) is 0.991. The van der Waals surface area contributed by atoms with E-state index in [0.717, 1.165) is 0 Å². The average molecular weight is 196 g/mol. The van der Waals surface area contributed by atoms with E-state index in [-0.39, 0.29) is 17.8 Å². The van der Waals surface area contributed by atoms with Crippen LogP contribution in [0.3, 0.4) is 0 Å². The van der Waals surface area contributed by atoms with Gasteiger partial charge in [-0.3, -0.25) is 9.59 Å². The molecule has 4 nitrogen and oxygen atoms in total. The average Bonchev–Trinajstić information content (AvgIpc) is 2.04. The van der Waals surface area contributed by atoms with Gasteiger partial charge in [0, 0.05) is 14.0 Å². The van der Waals surface area contributed by atoms with Crippen LogP contribution in [0.15, 0.2) is 0 Å². The third kappa shape index (κ3) is 16.1. The molecule has 0 spiro atoms. The van der Waals surface area contributed by atoms with Crippen molar-refractivity contribution in [2.75, 3.05) is 19.5 Å². The van der Waals surface area contributed by atoms with E-state index in [1.54, 1.807) is 14.0 Å². The Morgan fingerprint density at radius 2 is 2.00 bits per heavy atom. The first-order valence-electron chi connectivity index (χ1n) is 3.48. The number of esters is 1. The van der Waals surface area contributed by atoms with Gasteiger partial charge in [0.05, 0.1) is 6.61 Å². The molecule has 0 aromatic rings. The number of amides is 1. The second-order valence-corrected chi connectivity index (χ2v) is 2.00. The molecule has 0 aliphatic rings. The molecular weight excluding hydrogens is 182 g/mol. The molecule has 0 fully saturated rings. The monoisotopic (exact) mass is 195 g/mol. The standard InChI is InChI=1S/C4H8O2.C3H6ClNO/c1-3-6-4(2)5;1-5-3(6)2-4/h3H2,1-2H3;2H2,1H3,(H,5,6). The molecule has 0 rings (SSSR count). The minimum Gasteiger partial charge on any atom is -0.466 e. The van der Waals surface area contributed by atoms with E-state index in [4.69, 9.17) is 11.6 Å². The number of hydrogen-bond acceptors (Lipinski definition) is 3. The summed E-state index contributed by atoms with van der Waals surface area (Å²) in [7, 11) is 1.55. The maximum atomic E-state index is 9.94. The molecule has 1 N–H and O–H groups in total. The topological polar surface area (TPSA) is 55.4 Å². The highest BCUT2D eigenvalue weighted by atomic mass is 35.5. The molecule has 0 aromatic carbocycles. The first-order valence-corrected chi connectivity index (χ1v) is 4.01. The van der Waals surface area contributed by atoms with Gasteiger partial charge in [-0.1, -0.05) is 0 Å². The van der Waals surface area contributed by atoms with Crippen LogP contribution in [0.25, 0.3) is 0 Å². The Kier molecular flexibility index (Phi) is 11.8. The van der Waals surface area contributed by atoms with Crippen molar-refractivity contribution in [2.45, 2.75) is 13.8 Å². The van der Waals surface area contributed by atoms with Crippen LogP contribution in [0.2, 0.25) is 0 Å². The molecule has 0 aromatic heterocycles. The number of carbonyl (C=O) groups is 2. The van der Waals surface area contributed by atoms with Crippen molar-refractivity contribution in [1.29, 1.82) is 0 Å². The van der Waals surface area contributed by atoms with E-state index in [9.17, 15) is 9.59 Å². The Morgan fingerprint density at radius 1 is 1.50 bits per heavy atom. The van der Waals surface area contributed by atoms with Gasteiger partial charge in [-0.25, -0.2) is 0 Å². The van der Waals surface area contributed by atoms with Crippen LogP contribution in [0, 0.1) is 0 Å². The summed E-state index contributed by atoms with van der Waals surface area (Å²) in [5.41, 5.74) is 0. The quantitative estimate of drug-likeness (QED) is 0.517. The Hall–Kier alpha value is -0.770. The van der Waals surface area contributed by atoms with Gasteiger partial charge in [0.1, 0.15) is 5.88 Å². The van der Waals surface area contributed by atoms with Gasteiger partial charge in [0.2, 0.25) is 5.91 Å². The molecule has 1 amide bonds. The molecule has 0 radical (unpaired) electrons. The summed E-state index contributed by atoms with van der Waals surface area (Å²) >= 11 is 5.04. The molecule has 0 saturated carbocycles. The number of rotatable bonds is 2. The van der Waals surface area contributed by atoms with E-state index < -0.39 is 0 Å². The van der Waals surface area contributed by atoms with Gasteiger partial charge in [-0.2, -0.15) is 0 Å². The number of nitrogens with one attached hydrogen (secondary N) is 1. The summed E-state index contributed by atoms with van der Waals surface area (Å²) in [6, 6.07) is 0. The molecule has 0 unspecified atom stereocenters. The van der Waals surface area contributed by atoms with E-state index in [0.29, 0.717) is 6.61 Å². The van der Waals surface area contributed by atoms with E-state index in [2.05, 4.69) is 10.1 Å². The van der Waals surface area contributed by atoms with Crippen LogP contribution in [0.4, 0.5) is 0 Å². The lowest BCUT2D eigenvalue weighted by Gasteiger charge is -1.89. The Balaban J connectivity index is 0. The number of halogens is 1. The van der Waals surface area contributed by atoms with Gasteiger partial charge >= 0.3 is 5.97 Å². The van der Waals surface area contributed by atoms with Crippen LogP contribution in [0.5, 0.6) is 0 Å². The predicted molar refractivity (Wildman–Crippen MR) is 47.1 cm³/mol. The van der Waals surface area contributed by atoms with E-state index in [1.165, 1.54) is 6.92 Å². The van der Waals surface area contributed by atoms with Crippen molar-refractivity contribution in [3.8, 4) is 0 Å². The van der Waals surface area contributed by atoms with Gasteiger partial charge in [0.25, 0.3) is 0 Å². The second-order valence-electron chi connectivity index (χ2n) is 1.73. The van der Waals surface area contributed by atoms with Crippen molar-refractivity contribution in [3.63, 3.8) is 0 Å². The molecule has 0 aliphatic carbocycles. The highest BCUT2D eigenvalue weighted by molar-refractivity contribution is 6.27. The summed E-state index contributed by atoms with van der Waals surface area (Å²) in [6.45, 7) is 3.65. The summed E-state index contributed by atoms with van der Waals surface area (Å²) < 4.78 is 4.40. The zero-order valence-corrected chi connectivity index (χ0v) is 8.27. The van der Waals surface area contributed by atoms with E-state index in [1.807, 2.05) is 0 Å². The van der Waals surface area contributed by atoms with Gasteiger partial charge in [-0.05, 0) is 6.92 Å². The first kappa shape index (κ1) is 13.8. The van der Waals surface area contributed by atoms with Crippen LogP contribution in [-0.2, 0) is 14.3 Å². The molecule has 0 heterocycles. The summed E-state index contributed by atoms with van der Waals surface area (Å²) in [6.07, 6.45) is 0. The highest BCUT2D eigenvalue weighted by Crippen LogP contribution is 1.69. The van der Waals surface area contributed by atoms with Crippen molar-refractivity contribution < 1.29 is 14.3 Å². The lowest BCUT2D eigenvalue weighted by Crippen LogP contribution is -2.18. The number of ether oxygens (including phenoxy) is 1. The van der Waals surface area contributed by atoms with Crippen LogP contribution in [0.1, 0.15) is 13.8 Å². The largest absolute Gasteiger partial charge is 0.466 e.